The van der Waals surface area contributed by atoms with Gasteiger partial charge in [-0.05, 0) is 55.5 Å². The standard InChI is InChI=1S/C19H25N3O2/c1-2-19(15-23)7-11-22(12-8-19)14-16-3-5-17(6-4-16)24-18-13-20-9-10-21-18/h3-6,9-10,13,23H,2,7-8,11-12,14-15H2,1H3. The Morgan fingerprint density at radius 3 is 2.50 bits per heavy atom. The fourth-order valence-corrected chi connectivity index (χ4v) is 3.19. The van der Waals surface area contributed by atoms with Gasteiger partial charge in [0.25, 0.3) is 0 Å². The van der Waals surface area contributed by atoms with Crippen LogP contribution in [0.5, 0.6) is 11.6 Å². The van der Waals surface area contributed by atoms with E-state index in [9.17, 15) is 5.11 Å². The molecular formula is C19H25N3O2. The van der Waals surface area contributed by atoms with Gasteiger partial charge in [-0.1, -0.05) is 19.1 Å². The summed E-state index contributed by atoms with van der Waals surface area (Å²) in [6, 6.07) is 8.13. The maximum absolute atomic E-state index is 9.63. The molecule has 0 saturated carbocycles. The topological polar surface area (TPSA) is 58.5 Å². The van der Waals surface area contributed by atoms with Crippen molar-refractivity contribution in [2.45, 2.75) is 32.7 Å². The molecule has 0 radical (unpaired) electrons. The Balaban J connectivity index is 1.53. The molecule has 1 aliphatic heterocycles. The molecule has 0 atom stereocenters. The molecule has 5 nitrogen and oxygen atoms in total. The van der Waals surface area contributed by atoms with Crippen molar-refractivity contribution in [1.29, 1.82) is 0 Å². The molecule has 1 aromatic heterocycles. The number of aliphatic hydroxyl groups is 1. The monoisotopic (exact) mass is 327 g/mol. The van der Waals surface area contributed by atoms with Crippen LogP contribution < -0.4 is 4.74 Å². The van der Waals surface area contributed by atoms with E-state index in [0.29, 0.717) is 12.5 Å². The molecule has 0 amide bonds. The van der Waals surface area contributed by atoms with E-state index < -0.39 is 0 Å². The maximum Gasteiger partial charge on any atom is 0.237 e. The average Bonchev–Trinajstić information content (AvgIpc) is 2.65. The molecule has 1 saturated heterocycles. The number of piperidine rings is 1. The van der Waals surface area contributed by atoms with Crippen LogP contribution >= 0.6 is 0 Å². The van der Waals surface area contributed by atoms with Gasteiger partial charge in [0.1, 0.15) is 5.75 Å². The molecule has 0 spiro atoms. The molecule has 1 aliphatic rings. The zero-order chi connectivity index (χ0) is 16.8. The first-order valence-corrected chi connectivity index (χ1v) is 8.59. The molecule has 1 N–H and O–H groups in total. The maximum atomic E-state index is 9.63. The number of aliphatic hydroxyl groups excluding tert-OH is 1. The minimum Gasteiger partial charge on any atom is -0.438 e. The summed E-state index contributed by atoms with van der Waals surface area (Å²) >= 11 is 0. The van der Waals surface area contributed by atoms with Crippen LogP contribution in [-0.4, -0.2) is 39.7 Å². The van der Waals surface area contributed by atoms with Crippen molar-refractivity contribution in [2.24, 2.45) is 5.41 Å². The second-order valence-electron chi connectivity index (χ2n) is 6.58. The summed E-state index contributed by atoms with van der Waals surface area (Å²) in [6.07, 6.45) is 8.05. The van der Waals surface area contributed by atoms with E-state index in [0.717, 1.165) is 44.6 Å². The lowest BCUT2D eigenvalue weighted by Crippen LogP contribution is -2.41. The summed E-state index contributed by atoms with van der Waals surface area (Å²) in [5.74, 6) is 1.27. The second kappa shape index (κ2) is 7.73. The number of likely N-dealkylation sites (tertiary alicyclic amines) is 1. The van der Waals surface area contributed by atoms with Crippen LogP contribution in [0.1, 0.15) is 31.7 Å². The molecule has 2 aromatic rings. The van der Waals surface area contributed by atoms with Crippen molar-refractivity contribution in [3.8, 4) is 11.6 Å². The van der Waals surface area contributed by atoms with E-state index in [4.69, 9.17) is 4.74 Å². The Kier molecular flexibility index (Phi) is 5.43. The minimum atomic E-state index is 0.144. The number of aromatic nitrogens is 2. The van der Waals surface area contributed by atoms with E-state index in [1.165, 1.54) is 5.56 Å². The van der Waals surface area contributed by atoms with E-state index in [1.807, 2.05) is 12.1 Å². The van der Waals surface area contributed by atoms with Crippen molar-refractivity contribution in [3.63, 3.8) is 0 Å². The number of ether oxygens (including phenoxy) is 1. The predicted molar refractivity (Wildman–Crippen MR) is 92.9 cm³/mol. The number of benzene rings is 1. The molecule has 5 heteroatoms. The van der Waals surface area contributed by atoms with E-state index in [-0.39, 0.29) is 5.41 Å². The highest BCUT2D eigenvalue weighted by Gasteiger charge is 2.32. The first-order chi connectivity index (χ1) is 11.7. The Bertz CT molecular complexity index is 617. The van der Waals surface area contributed by atoms with Crippen LogP contribution in [0.15, 0.2) is 42.9 Å². The Hall–Kier alpha value is -1.98. The first-order valence-electron chi connectivity index (χ1n) is 8.59. The third kappa shape index (κ3) is 4.10. The highest BCUT2D eigenvalue weighted by atomic mass is 16.5. The van der Waals surface area contributed by atoms with Crippen molar-refractivity contribution in [1.82, 2.24) is 14.9 Å². The largest absolute Gasteiger partial charge is 0.438 e. The highest BCUT2D eigenvalue weighted by Crippen LogP contribution is 2.34. The smallest absolute Gasteiger partial charge is 0.237 e. The van der Waals surface area contributed by atoms with Crippen LogP contribution in [0.4, 0.5) is 0 Å². The lowest BCUT2D eigenvalue weighted by molar-refractivity contribution is 0.0382. The third-order valence-corrected chi connectivity index (χ3v) is 5.09. The van der Waals surface area contributed by atoms with Crippen molar-refractivity contribution in [3.05, 3.63) is 48.4 Å². The van der Waals surface area contributed by atoms with E-state index in [1.54, 1.807) is 18.6 Å². The SMILES string of the molecule is CCC1(CO)CCN(Cc2ccc(Oc3cnccn3)cc2)CC1. The molecule has 2 heterocycles. The van der Waals surface area contributed by atoms with Gasteiger partial charge in [0.2, 0.25) is 5.88 Å². The lowest BCUT2D eigenvalue weighted by atomic mass is 9.77. The van der Waals surface area contributed by atoms with Crippen LogP contribution in [0, 0.1) is 5.41 Å². The molecule has 24 heavy (non-hydrogen) atoms. The van der Waals surface area contributed by atoms with Gasteiger partial charge >= 0.3 is 0 Å². The fourth-order valence-electron chi connectivity index (χ4n) is 3.19. The minimum absolute atomic E-state index is 0.144. The van der Waals surface area contributed by atoms with E-state index in [2.05, 4.69) is 33.9 Å². The van der Waals surface area contributed by atoms with Gasteiger partial charge in [0, 0.05) is 25.5 Å². The molecule has 1 aromatic carbocycles. The van der Waals surface area contributed by atoms with Gasteiger partial charge < -0.3 is 9.84 Å². The Morgan fingerprint density at radius 2 is 1.92 bits per heavy atom. The number of hydrogen-bond acceptors (Lipinski definition) is 5. The lowest BCUT2D eigenvalue weighted by Gasteiger charge is -2.40. The van der Waals surface area contributed by atoms with Crippen molar-refractivity contribution < 1.29 is 9.84 Å². The third-order valence-electron chi connectivity index (χ3n) is 5.09. The van der Waals surface area contributed by atoms with Crippen molar-refractivity contribution >= 4 is 0 Å². The quantitative estimate of drug-likeness (QED) is 0.882. The fraction of sp³-hybridized carbons (Fsp3) is 0.474. The summed E-state index contributed by atoms with van der Waals surface area (Å²) in [4.78, 5) is 10.6. The predicted octanol–water partition coefficient (Wildman–Crippen LogP) is 3.25. The molecule has 3 rings (SSSR count). The van der Waals surface area contributed by atoms with Gasteiger partial charge in [-0.25, -0.2) is 4.98 Å². The highest BCUT2D eigenvalue weighted by molar-refractivity contribution is 5.29. The normalized spacial score (nSPS) is 17.6. The van der Waals surface area contributed by atoms with E-state index >= 15 is 0 Å². The number of nitrogens with zero attached hydrogens (tertiary/aromatic N) is 3. The Labute approximate surface area is 143 Å². The van der Waals surface area contributed by atoms with Gasteiger partial charge in [-0.15, -0.1) is 0 Å². The Morgan fingerprint density at radius 1 is 1.17 bits per heavy atom. The number of rotatable bonds is 6. The van der Waals surface area contributed by atoms with Gasteiger partial charge in [-0.3, -0.25) is 9.88 Å². The summed E-state index contributed by atoms with van der Waals surface area (Å²) in [5, 5.41) is 9.63. The molecule has 128 valence electrons. The van der Waals surface area contributed by atoms with Crippen LogP contribution in [-0.2, 0) is 6.54 Å². The number of hydrogen-bond donors (Lipinski definition) is 1. The average molecular weight is 327 g/mol. The molecule has 1 fully saturated rings. The van der Waals surface area contributed by atoms with Gasteiger partial charge in [0.15, 0.2) is 0 Å². The van der Waals surface area contributed by atoms with Crippen molar-refractivity contribution in [2.75, 3.05) is 19.7 Å². The molecule has 0 aliphatic carbocycles. The van der Waals surface area contributed by atoms with Gasteiger partial charge in [0.05, 0.1) is 6.20 Å². The van der Waals surface area contributed by atoms with Crippen LogP contribution in [0.25, 0.3) is 0 Å². The summed E-state index contributed by atoms with van der Waals surface area (Å²) in [5.41, 5.74) is 1.42. The molecule has 0 unspecified atom stereocenters. The van der Waals surface area contributed by atoms with Gasteiger partial charge in [-0.2, -0.15) is 0 Å². The first kappa shape index (κ1) is 16.9. The summed E-state index contributed by atoms with van der Waals surface area (Å²) in [7, 11) is 0. The van der Waals surface area contributed by atoms with Crippen LogP contribution in [0.2, 0.25) is 0 Å². The molecular weight excluding hydrogens is 302 g/mol. The summed E-state index contributed by atoms with van der Waals surface area (Å²) < 4.78 is 5.66. The second-order valence-corrected chi connectivity index (χ2v) is 6.58. The van der Waals surface area contributed by atoms with Crippen LogP contribution in [0.3, 0.4) is 0 Å². The zero-order valence-corrected chi connectivity index (χ0v) is 14.2. The summed E-state index contributed by atoms with van der Waals surface area (Å²) in [6.45, 7) is 5.53. The molecule has 0 bridgehead atoms. The zero-order valence-electron chi connectivity index (χ0n) is 14.2.